The van der Waals surface area contributed by atoms with Crippen LogP contribution in [0.5, 0.6) is 0 Å². The van der Waals surface area contributed by atoms with Crippen molar-refractivity contribution < 1.29 is 0 Å². The van der Waals surface area contributed by atoms with Crippen molar-refractivity contribution in [2.75, 3.05) is 26.2 Å². The Kier molecular flexibility index (Phi) is 6.57. The van der Waals surface area contributed by atoms with Crippen molar-refractivity contribution in [2.45, 2.75) is 32.5 Å². The monoisotopic (exact) mass is 460 g/mol. The molecule has 8 heteroatoms. The SMILES string of the molecule is CCC(c1nc2scnc2c(=O)n1Cc1ccccc1)N1CCN(Cc2ccccn2)CC1. The maximum absolute atomic E-state index is 13.4. The molecular formula is C25H28N6OS. The number of piperazine rings is 1. The summed E-state index contributed by atoms with van der Waals surface area (Å²) >= 11 is 1.44. The number of hydrogen-bond donors (Lipinski definition) is 0. The molecule has 1 aromatic carbocycles. The first-order chi connectivity index (χ1) is 16.2. The predicted octanol–water partition coefficient (Wildman–Crippen LogP) is 3.57. The van der Waals surface area contributed by atoms with Crippen molar-refractivity contribution in [1.29, 1.82) is 0 Å². The summed E-state index contributed by atoms with van der Waals surface area (Å²) in [4.78, 5) is 32.8. The van der Waals surface area contributed by atoms with Crippen LogP contribution >= 0.6 is 11.3 Å². The lowest BCUT2D eigenvalue weighted by Gasteiger charge is -2.39. The molecule has 0 saturated carbocycles. The van der Waals surface area contributed by atoms with Gasteiger partial charge in [0.25, 0.3) is 5.56 Å². The van der Waals surface area contributed by atoms with E-state index >= 15 is 0 Å². The van der Waals surface area contributed by atoms with Crippen LogP contribution in [0.25, 0.3) is 10.3 Å². The van der Waals surface area contributed by atoms with E-state index in [9.17, 15) is 4.79 Å². The fourth-order valence-corrected chi connectivity index (χ4v) is 5.25. The molecule has 1 atom stereocenters. The highest BCUT2D eigenvalue weighted by atomic mass is 32.1. The van der Waals surface area contributed by atoms with Gasteiger partial charge in [0, 0.05) is 38.9 Å². The first-order valence-electron chi connectivity index (χ1n) is 11.5. The van der Waals surface area contributed by atoms with Crippen LogP contribution in [-0.2, 0) is 13.1 Å². The van der Waals surface area contributed by atoms with Gasteiger partial charge in [-0.05, 0) is 24.1 Å². The van der Waals surface area contributed by atoms with Crippen LogP contribution in [0.4, 0.5) is 0 Å². The molecular weight excluding hydrogens is 432 g/mol. The minimum absolute atomic E-state index is 0.0488. The van der Waals surface area contributed by atoms with Crippen LogP contribution in [-0.4, -0.2) is 55.5 Å². The number of pyridine rings is 1. The Morgan fingerprint density at radius 2 is 1.76 bits per heavy atom. The topological polar surface area (TPSA) is 67.2 Å². The number of aromatic nitrogens is 4. The standard InChI is InChI=1S/C25H28N6OS/c1-2-21(30-14-12-29(13-15-30)17-20-10-6-7-11-26-20)23-28-24-22(27-18-33-24)25(32)31(23)16-19-8-4-3-5-9-19/h3-11,18,21H,2,12-17H2,1H3. The third-order valence-electron chi connectivity index (χ3n) is 6.32. The molecule has 0 spiro atoms. The Hall–Kier alpha value is -2.94. The number of hydrogen-bond acceptors (Lipinski definition) is 7. The van der Waals surface area contributed by atoms with E-state index in [-0.39, 0.29) is 11.6 Å². The zero-order valence-electron chi connectivity index (χ0n) is 18.8. The van der Waals surface area contributed by atoms with E-state index in [4.69, 9.17) is 4.98 Å². The second-order valence-corrected chi connectivity index (χ2v) is 9.24. The van der Waals surface area contributed by atoms with Gasteiger partial charge in [-0.3, -0.25) is 24.1 Å². The smallest absolute Gasteiger partial charge is 0.281 e. The largest absolute Gasteiger partial charge is 0.295 e. The van der Waals surface area contributed by atoms with Crippen LogP contribution < -0.4 is 5.56 Å². The number of nitrogens with zero attached hydrogens (tertiary/aromatic N) is 6. The first-order valence-corrected chi connectivity index (χ1v) is 12.3. The summed E-state index contributed by atoms with van der Waals surface area (Å²) in [7, 11) is 0. The Morgan fingerprint density at radius 3 is 2.48 bits per heavy atom. The van der Waals surface area contributed by atoms with Crippen LogP contribution in [0.1, 0.15) is 36.5 Å². The predicted molar refractivity (Wildman–Crippen MR) is 131 cm³/mol. The van der Waals surface area contributed by atoms with Crippen LogP contribution in [0.15, 0.2) is 65.0 Å². The summed E-state index contributed by atoms with van der Waals surface area (Å²) in [5, 5.41) is 0. The average molecular weight is 461 g/mol. The van der Waals surface area contributed by atoms with Gasteiger partial charge in [0.05, 0.1) is 23.8 Å². The normalized spacial score (nSPS) is 16.3. The molecule has 0 bridgehead atoms. The van der Waals surface area contributed by atoms with Crippen molar-refractivity contribution in [2.24, 2.45) is 0 Å². The third-order valence-corrected chi connectivity index (χ3v) is 7.04. The Morgan fingerprint density at radius 1 is 0.970 bits per heavy atom. The molecule has 5 rings (SSSR count). The van der Waals surface area contributed by atoms with Crippen molar-refractivity contribution in [3.63, 3.8) is 0 Å². The second kappa shape index (κ2) is 9.91. The van der Waals surface area contributed by atoms with Crippen molar-refractivity contribution in [3.05, 3.63) is 87.7 Å². The van der Waals surface area contributed by atoms with Crippen molar-refractivity contribution in [3.8, 4) is 0 Å². The molecule has 0 N–H and O–H groups in total. The highest BCUT2D eigenvalue weighted by Crippen LogP contribution is 2.26. The lowest BCUT2D eigenvalue weighted by atomic mass is 10.1. The number of benzene rings is 1. The van der Waals surface area contributed by atoms with Gasteiger partial charge in [-0.1, -0.05) is 43.3 Å². The van der Waals surface area contributed by atoms with Gasteiger partial charge in [0.1, 0.15) is 5.82 Å². The summed E-state index contributed by atoms with van der Waals surface area (Å²) in [6.45, 7) is 7.37. The van der Waals surface area contributed by atoms with Gasteiger partial charge in [0.2, 0.25) is 0 Å². The molecule has 0 aliphatic carbocycles. The zero-order chi connectivity index (χ0) is 22.6. The van der Waals surface area contributed by atoms with Gasteiger partial charge in [-0.15, -0.1) is 11.3 Å². The van der Waals surface area contributed by atoms with Gasteiger partial charge in [0.15, 0.2) is 10.3 Å². The molecule has 4 heterocycles. The van der Waals surface area contributed by atoms with E-state index in [0.29, 0.717) is 12.1 Å². The van der Waals surface area contributed by atoms with E-state index < -0.39 is 0 Å². The Bertz CT molecular complexity index is 1250. The molecule has 0 radical (unpaired) electrons. The summed E-state index contributed by atoms with van der Waals surface area (Å²) in [5.41, 5.74) is 4.33. The van der Waals surface area contributed by atoms with E-state index in [1.807, 2.05) is 41.1 Å². The summed E-state index contributed by atoms with van der Waals surface area (Å²) in [6.07, 6.45) is 2.75. The molecule has 1 aliphatic heterocycles. The molecule has 3 aromatic heterocycles. The van der Waals surface area contributed by atoms with E-state index in [1.54, 1.807) is 5.51 Å². The quantitative estimate of drug-likeness (QED) is 0.420. The molecule has 1 unspecified atom stereocenters. The molecule has 7 nitrogen and oxygen atoms in total. The van der Waals surface area contributed by atoms with Gasteiger partial charge in [-0.2, -0.15) is 0 Å². The van der Waals surface area contributed by atoms with Gasteiger partial charge >= 0.3 is 0 Å². The Balaban J connectivity index is 1.41. The minimum atomic E-state index is -0.0488. The number of thiazole rings is 1. The fraction of sp³-hybridized carbons (Fsp3) is 0.360. The highest BCUT2D eigenvalue weighted by Gasteiger charge is 2.28. The molecule has 33 heavy (non-hydrogen) atoms. The summed E-state index contributed by atoms with van der Waals surface area (Å²) in [6, 6.07) is 16.3. The Labute approximate surface area is 197 Å². The summed E-state index contributed by atoms with van der Waals surface area (Å²) in [5.74, 6) is 0.848. The molecule has 170 valence electrons. The molecule has 4 aromatic rings. The maximum Gasteiger partial charge on any atom is 0.281 e. The first kappa shape index (κ1) is 21.9. The highest BCUT2D eigenvalue weighted by molar-refractivity contribution is 7.16. The second-order valence-electron chi connectivity index (χ2n) is 8.41. The zero-order valence-corrected chi connectivity index (χ0v) is 19.6. The van der Waals surface area contributed by atoms with Gasteiger partial charge < -0.3 is 0 Å². The molecule has 1 fully saturated rings. The van der Waals surface area contributed by atoms with Crippen LogP contribution in [0.3, 0.4) is 0 Å². The lowest BCUT2D eigenvalue weighted by molar-refractivity contribution is 0.0838. The van der Waals surface area contributed by atoms with Crippen molar-refractivity contribution >= 4 is 21.7 Å². The minimum Gasteiger partial charge on any atom is -0.295 e. The van der Waals surface area contributed by atoms with E-state index in [2.05, 4.69) is 44.9 Å². The van der Waals surface area contributed by atoms with E-state index in [0.717, 1.165) is 61.1 Å². The fourth-order valence-electron chi connectivity index (χ4n) is 4.59. The van der Waals surface area contributed by atoms with E-state index in [1.165, 1.54) is 11.3 Å². The average Bonchev–Trinajstić information content (AvgIpc) is 3.33. The maximum atomic E-state index is 13.4. The number of fused-ring (bicyclic) bond motifs is 1. The lowest BCUT2D eigenvalue weighted by Crippen LogP contribution is -2.48. The number of rotatable bonds is 7. The summed E-state index contributed by atoms with van der Waals surface area (Å²) < 4.78 is 1.84. The molecule has 1 saturated heterocycles. The van der Waals surface area contributed by atoms with Crippen LogP contribution in [0.2, 0.25) is 0 Å². The molecule has 1 aliphatic rings. The van der Waals surface area contributed by atoms with Crippen molar-refractivity contribution in [1.82, 2.24) is 29.3 Å². The molecule has 0 amide bonds. The van der Waals surface area contributed by atoms with Crippen LogP contribution in [0, 0.1) is 0 Å². The third kappa shape index (κ3) is 4.73. The van der Waals surface area contributed by atoms with Gasteiger partial charge in [-0.25, -0.2) is 9.97 Å².